The minimum atomic E-state index is -0.499. The minimum absolute atomic E-state index is 0.159. The predicted molar refractivity (Wildman–Crippen MR) is 113 cm³/mol. The number of hydrogen-bond donors (Lipinski definition) is 1. The van der Waals surface area contributed by atoms with E-state index in [4.69, 9.17) is 0 Å². The van der Waals surface area contributed by atoms with E-state index in [0.717, 1.165) is 37.5 Å². The van der Waals surface area contributed by atoms with Gasteiger partial charge in [0.2, 0.25) is 0 Å². The third-order valence-electron chi connectivity index (χ3n) is 8.80. The van der Waals surface area contributed by atoms with Crippen LogP contribution in [0.15, 0.2) is 12.4 Å². The Labute approximate surface area is 175 Å². The fourth-order valence-corrected chi connectivity index (χ4v) is 7.62. The summed E-state index contributed by atoms with van der Waals surface area (Å²) in [7, 11) is 0. The van der Waals surface area contributed by atoms with Crippen molar-refractivity contribution in [3.8, 4) is 0 Å². The molecule has 3 aliphatic carbocycles. The van der Waals surface area contributed by atoms with Gasteiger partial charge in [0.1, 0.15) is 6.54 Å². The number of aliphatic hydroxyl groups is 1. The third kappa shape index (κ3) is 4.17. The Balaban J connectivity index is 1.40. The zero-order chi connectivity index (χ0) is 20.6. The molecule has 0 aliphatic heterocycles. The second-order valence-corrected chi connectivity index (χ2v) is 10.9. The number of aromatic nitrogens is 3. The number of hydrogen-bond acceptors (Lipinski definition) is 4. The SMILES string of the molecule is CCC[C@@](C)(O)C[C@@H]1CC[C@@H]2[C@H](CC[C@]3(C)[C@@H](C(=O)Cn4nccn4)CC[C@@H]23)C1. The molecular formula is C24H39N3O2. The zero-order valence-corrected chi connectivity index (χ0v) is 18.5. The van der Waals surface area contributed by atoms with Crippen LogP contribution in [0.2, 0.25) is 0 Å². The number of carbonyl (C=O) groups is 1. The molecule has 0 aromatic carbocycles. The average Bonchev–Trinajstić information content (AvgIpc) is 3.28. The van der Waals surface area contributed by atoms with Crippen LogP contribution >= 0.6 is 0 Å². The first-order valence-corrected chi connectivity index (χ1v) is 11.9. The number of Topliss-reactive ketones (excluding diaryl/α,β-unsaturated/α-hetero) is 1. The van der Waals surface area contributed by atoms with Crippen molar-refractivity contribution in [1.82, 2.24) is 15.0 Å². The summed E-state index contributed by atoms with van der Waals surface area (Å²) in [4.78, 5) is 14.6. The highest BCUT2D eigenvalue weighted by molar-refractivity contribution is 5.81. The number of carbonyl (C=O) groups excluding carboxylic acids is 1. The summed E-state index contributed by atoms with van der Waals surface area (Å²) < 4.78 is 0. The van der Waals surface area contributed by atoms with Crippen molar-refractivity contribution < 1.29 is 9.90 Å². The van der Waals surface area contributed by atoms with Gasteiger partial charge in [-0.15, -0.1) is 0 Å². The van der Waals surface area contributed by atoms with Crippen molar-refractivity contribution in [3.05, 3.63) is 12.4 Å². The number of rotatable bonds is 7. The van der Waals surface area contributed by atoms with E-state index in [2.05, 4.69) is 24.0 Å². The van der Waals surface area contributed by atoms with Crippen LogP contribution in [-0.2, 0) is 11.3 Å². The first-order chi connectivity index (χ1) is 13.8. The Morgan fingerprint density at radius 2 is 1.97 bits per heavy atom. The molecule has 29 heavy (non-hydrogen) atoms. The van der Waals surface area contributed by atoms with Gasteiger partial charge in [0.25, 0.3) is 0 Å². The van der Waals surface area contributed by atoms with Crippen LogP contribution in [0, 0.1) is 35.0 Å². The van der Waals surface area contributed by atoms with Gasteiger partial charge in [0, 0.05) is 5.92 Å². The molecular weight excluding hydrogens is 362 g/mol. The normalized spacial score (nSPS) is 38.8. The van der Waals surface area contributed by atoms with E-state index in [-0.39, 0.29) is 11.3 Å². The van der Waals surface area contributed by atoms with E-state index in [1.165, 1.54) is 43.3 Å². The van der Waals surface area contributed by atoms with E-state index < -0.39 is 5.60 Å². The van der Waals surface area contributed by atoms with Crippen LogP contribution < -0.4 is 0 Å². The van der Waals surface area contributed by atoms with Crippen molar-refractivity contribution in [1.29, 1.82) is 0 Å². The summed E-state index contributed by atoms with van der Waals surface area (Å²) in [6, 6.07) is 0. The van der Waals surface area contributed by atoms with Crippen molar-refractivity contribution in [2.45, 2.75) is 97.1 Å². The van der Waals surface area contributed by atoms with Gasteiger partial charge in [0.15, 0.2) is 5.78 Å². The molecule has 162 valence electrons. The van der Waals surface area contributed by atoms with Crippen LogP contribution in [0.1, 0.15) is 85.0 Å². The van der Waals surface area contributed by atoms with Gasteiger partial charge in [0.05, 0.1) is 18.0 Å². The molecule has 5 nitrogen and oxygen atoms in total. The maximum Gasteiger partial charge on any atom is 0.159 e. The highest BCUT2D eigenvalue weighted by Gasteiger charge is 2.56. The largest absolute Gasteiger partial charge is 0.390 e. The first-order valence-electron chi connectivity index (χ1n) is 11.9. The molecule has 3 saturated carbocycles. The predicted octanol–water partition coefficient (Wildman–Crippen LogP) is 4.65. The second-order valence-electron chi connectivity index (χ2n) is 10.9. The standard InChI is InChI=1S/C24H39N3O2/c1-4-10-23(2,29)15-17-5-6-19-18(14-17)9-11-24(3)20(19)7-8-21(24)22(28)16-27-25-12-13-26-27/h12-13,17-21,29H,4-11,14-16H2,1-3H3/t17-,18-,19-,20+,21-,23-,24+/m1/s1. The summed E-state index contributed by atoms with van der Waals surface area (Å²) >= 11 is 0. The van der Waals surface area contributed by atoms with Crippen LogP contribution in [0.3, 0.4) is 0 Å². The molecule has 3 aliphatic rings. The van der Waals surface area contributed by atoms with Crippen molar-refractivity contribution in [3.63, 3.8) is 0 Å². The third-order valence-corrected chi connectivity index (χ3v) is 8.80. The highest BCUT2D eigenvalue weighted by atomic mass is 16.3. The van der Waals surface area contributed by atoms with Crippen molar-refractivity contribution in [2.75, 3.05) is 0 Å². The molecule has 0 spiro atoms. The molecule has 1 aromatic heterocycles. The Morgan fingerprint density at radius 3 is 2.69 bits per heavy atom. The van der Waals surface area contributed by atoms with Gasteiger partial charge < -0.3 is 5.11 Å². The Bertz CT molecular complexity index is 701. The zero-order valence-electron chi connectivity index (χ0n) is 18.5. The molecule has 3 fully saturated rings. The summed E-state index contributed by atoms with van der Waals surface area (Å²) in [6.07, 6.45) is 14.7. The number of nitrogens with zero attached hydrogens (tertiary/aromatic N) is 3. The molecule has 1 heterocycles. The maximum absolute atomic E-state index is 13.1. The topological polar surface area (TPSA) is 68.0 Å². The lowest BCUT2D eigenvalue weighted by atomic mass is 9.53. The van der Waals surface area contributed by atoms with Gasteiger partial charge in [-0.2, -0.15) is 15.0 Å². The summed E-state index contributed by atoms with van der Waals surface area (Å²) in [6.45, 7) is 6.91. The van der Waals surface area contributed by atoms with Gasteiger partial charge in [-0.05, 0) is 87.4 Å². The average molecular weight is 402 g/mol. The van der Waals surface area contributed by atoms with Gasteiger partial charge in [-0.3, -0.25) is 4.79 Å². The summed E-state index contributed by atoms with van der Waals surface area (Å²) in [5.41, 5.74) is -0.340. The molecule has 1 N–H and O–H groups in total. The van der Waals surface area contributed by atoms with Crippen molar-refractivity contribution >= 4 is 5.78 Å². The molecule has 5 heteroatoms. The molecule has 0 amide bonds. The molecule has 1 aromatic rings. The van der Waals surface area contributed by atoms with Gasteiger partial charge >= 0.3 is 0 Å². The van der Waals surface area contributed by atoms with Gasteiger partial charge in [-0.1, -0.05) is 26.7 Å². The van der Waals surface area contributed by atoms with E-state index >= 15 is 0 Å². The van der Waals surface area contributed by atoms with Crippen LogP contribution in [0.25, 0.3) is 0 Å². The second kappa shape index (κ2) is 8.13. The van der Waals surface area contributed by atoms with Crippen LogP contribution in [-0.4, -0.2) is 31.5 Å². The highest BCUT2D eigenvalue weighted by Crippen LogP contribution is 2.62. The van der Waals surface area contributed by atoms with Crippen LogP contribution in [0.5, 0.6) is 0 Å². The Kier molecular flexibility index (Phi) is 5.89. The fraction of sp³-hybridized carbons (Fsp3) is 0.875. The smallest absolute Gasteiger partial charge is 0.159 e. The molecule has 0 bridgehead atoms. The Morgan fingerprint density at radius 1 is 1.21 bits per heavy atom. The molecule has 0 radical (unpaired) electrons. The van der Waals surface area contributed by atoms with Gasteiger partial charge in [-0.25, -0.2) is 0 Å². The van der Waals surface area contributed by atoms with Crippen LogP contribution in [0.4, 0.5) is 0 Å². The Hall–Kier alpha value is -1.23. The lowest BCUT2D eigenvalue weighted by molar-refractivity contribution is -0.130. The minimum Gasteiger partial charge on any atom is -0.390 e. The quantitative estimate of drug-likeness (QED) is 0.722. The fourth-order valence-electron chi connectivity index (χ4n) is 7.62. The number of ketones is 1. The van der Waals surface area contributed by atoms with E-state index in [9.17, 15) is 9.90 Å². The number of fused-ring (bicyclic) bond motifs is 3. The van der Waals surface area contributed by atoms with E-state index in [1.807, 2.05) is 6.92 Å². The van der Waals surface area contributed by atoms with E-state index in [0.29, 0.717) is 24.2 Å². The maximum atomic E-state index is 13.1. The molecule has 0 saturated heterocycles. The van der Waals surface area contributed by atoms with Crippen molar-refractivity contribution in [2.24, 2.45) is 35.0 Å². The molecule has 0 unspecified atom stereocenters. The molecule has 7 atom stereocenters. The van der Waals surface area contributed by atoms with E-state index in [1.54, 1.807) is 12.4 Å². The lowest BCUT2D eigenvalue weighted by Gasteiger charge is -2.52. The summed E-state index contributed by atoms with van der Waals surface area (Å²) in [5, 5.41) is 19.0. The summed E-state index contributed by atoms with van der Waals surface area (Å²) in [5.74, 6) is 3.44. The lowest BCUT2D eigenvalue weighted by Crippen LogP contribution is -2.46. The monoisotopic (exact) mass is 401 g/mol. The molecule has 4 rings (SSSR count). The first kappa shape index (κ1) is 21.0.